The zero-order valence-corrected chi connectivity index (χ0v) is 14.3. The highest BCUT2D eigenvalue weighted by Crippen LogP contribution is 2.40. The van der Waals surface area contributed by atoms with Gasteiger partial charge in [0.1, 0.15) is 18.0 Å². The second kappa shape index (κ2) is 6.77. The van der Waals surface area contributed by atoms with E-state index in [0.717, 1.165) is 6.42 Å². The van der Waals surface area contributed by atoms with Crippen molar-refractivity contribution in [3.05, 3.63) is 23.0 Å². The molecule has 3 rings (SSSR count). The van der Waals surface area contributed by atoms with Gasteiger partial charge in [0, 0.05) is 6.54 Å². The molecule has 1 saturated heterocycles. The maximum atomic E-state index is 15.0. The highest BCUT2D eigenvalue weighted by atomic mass is 32.2. The number of halogens is 1. The number of phenolic OH excluding ortho intramolecular Hbond substituents is 1. The normalized spacial score (nSPS) is 21.9. The molecule has 1 aromatic rings. The third kappa shape index (κ3) is 3.42. The summed E-state index contributed by atoms with van der Waals surface area (Å²) < 4.78 is 41.3. The van der Waals surface area contributed by atoms with Crippen molar-refractivity contribution in [3.63, 3.8) is 0 Å². The molecule has 0 radical (unpaired) electrons. The van der Waals surface area contributed by atoms with Gasteiger partial charge >= 0.3 is 10.2 Å². The summed E-state index contributed by atoms with van der Waals surface area (Å²) in [5, 5.41) is 22.0. The number of aliphatic hydroxyl groups is 1. The molecule has 0 bridgehead atoms. The molecule has 0 spiro atoms. The predicted octanol–water partition coefficient (Wildman–Crippen LogP) is -0.601. The fourth-order valence-corrected chi connectivity index (χ4v) is 4.52. The first-order chi connectivity index (χ1) is 11.8. The van der Waals surface area contributed by atoms with Crippen molar-refractivity contribution in [2.24, 2.45) is 5.92 Å². The molecule has 1 aliphatic carbocycles. The van der Waals surface area contributed by atoms with Crippen LogP contribution >= 0.6 is 0 Å². The zero-order chi connectivity index (χ0) is 18.2. The van der Waals surface area contributed by atoms with E-state index in [4.69, 9.17) is 5.11 Å². The first kappa shape index (κ1) is 17.9. The van der Waals surface area contributed by atoms with Gasteiger partial charge in [0.2, 0.25) is 0 Å². The number of anilines is 1. The van der Waals surface area contributed by atoms with E-state index in [1.54, 1.807) is 4.72 Å². The van der Waals surface area contributed by atoms with Crippen molar-refractivity contribution < 1.29 is 27.8 Å². The molecule has 25 heavy (non-hydrogen) atoms. The third-order valence-corrected chi connectivity index (χ3v) is 5.90. The molecule has 1 aliphatic heterocycles. The van der Waals surface area contributed by atoms with Gasteiger partial charge in [-0.15, -0.1) is 0 Å². The molecule has 10 heteroatoms. The first-order valence-electron chi connectivity index (χ1n) is 8.01. The van der Waals surface area contributed by atoms with Gasteiger partial charge in [-0.3, -0.25) is 4.79 Å². The topological polar surface area (TPSA) is 119 Å². The number of aliphatic hydroxyl groups excluding tert-OH is 1. The summed E-state index contributed by atoms with van der Waals surface area (Å²) >= 11 is 0. The van der Waals surface area contributed by atoms with Crippen LogP contribution in [0.15, 0.2) is 6.07 Å². The zero-order valence-electron chi connectivity index (χ0n) is 13.5. The fraction of sp³-hybridized carbons (Fsp3) is 0.533. The van der Waals surface area contributed by atoms with Crippen molar-refractivity contribution in [2.45, 2.75) is 19.3 Å². The van der Waals surface area contributed by atoms with E-state index in [1.165, 1.54) is 6.07 Å². The van der Waals surface area contributed by atoms with E-state index in [0.29, 0.717) is 41.4 Å². The van der Waals surface area contributed by atoms with Crippen LogP contribution in [-0.4, -0.2) is 50.8 Å². The van der Waals surface area contributed by atoms with Crippen LogP contribution in [0, 0.1) is 11.7 Å². The SMILES string of the molecule is O=C1CN(c2c(O)cc3c(c2F)CC(CNCCO)CC3)S(=O)(=O)N1. The lowest BCUT2D eigenvalue weighted by Gasteiger charge is -2.28. The molecule has 1 atom stereocenters. The summed E-state index contributed by atoms with van der Waals surface area (Å²) in [4.78, 5) is 11.4. The molecule has 1 heterocycles. The molecule has 0 aromatic heterocycles. The molecule has 1 fully saturated rings. The summed E-state index contributed by atoms with van der Waals surface area (Å²) in [6.07, 6.45) is 1.75. The Hall–Kier alpha value is -1.91. The third-order valence-electron chi connectivity index (χ3n) is 4.52. The monoisotopic (exact) mass is 373 g/mol. The molecule has 8 nitrogen and oxygen atoms in total. The Balaban J connectivity index is 1.93. The van der Waals surface area contributed by atoms with Crippen LogP contribution in [0.1, 0.15) is 17.5 Å². The van der Waals surface area contributed by atoms with Crippen LogP contribution in [0.4, 0.5) is 10.1 Å². The molecular formula is C15H20FN3O5S. The molecular weight excluding hydrogens is 353 g/mol. The van der Waals surface area contributed by atoms with Crippen LogP contribution < -0.4 is 14.3 Å². The van der Waals surface area contributed by atoms with Crippen molar-refractivity contribution in [2.75, 3.05) is 30.5 Å². The molecule has 1 amide bonds. The maximum Gasteiger partial charge on any atom is 0.326 e. The molecule has 4 N–H and O–H groups in total. The van der Waals surface area contributed by atoms with Gasteiger partial charge in [0.25, 0.3) is 5.91 Å². The van der Waals surface area contributed by atoms with Gasteiger partial charge in [-0.2, -0.15) is 8.42 Å². The molecule has 138 valence electrons. The number of nitrogens with zero attached hydrogens (tertiary/aromatic N) is 1. The minimum atomic E-state index is -4.20. The number of amides is 1. The van der Waals surface area contributed by atoms with Gasteiger partial charge in [-0.1, -0.05) is 0 Å². The van der Waals surface area contributed by atoms with E-state index < -0.39 is 39.9 Å². The van der Waals surface area contributed by atoms with E-state index >= 15 is 4.39 Å². The van der Waals surface area contributed by atoms with Gasteiger partial charge in [-0.05, 0) is 48.9 Å². The number of phenols is 1. The Morgan fingerprint density at radius 1 is 1.44 bits per heavy atom. The summed E-state index contributed by atoms with van der Waals surface area (Å²) in [7, 11) is -4.20. The van der Waals surface area contributed by atoms with Crippen LogP contribution in [0.25, 0.3) is 0 Å². The Morgan fingerprint density at radius 2 is 2.20 bits per heavy atom. The predicted molar refractivity (Wildman–Crippen MR) is 87.9 cm³/mol. The Kier molecular flexibility index (Phi) is 4.85. The van der Waals surface area contributed by atoms with E-state index in [1.807, 2.05) is 0 Å². The van der Waals surface area contributed by atoms with Crippen LogP contribution in [0.3, 0.4) is 0 Å². The molecule has 1 aromatic carbocycles. The number of aromatic hydroxyl groups is 1. The minimum absolute atomic E-state index is 0.0174. The van der Waals surface area contributed by atoms with Gasteiger partial charge in [0.05, 0.1) is 6.61 Å². The van der Waals surface area contributed by atoms with Crippen LogP contribution in [0.5, 0.6) is 5.75 Å². The molecule has 1 unspecified atom stereocenters. The lowest BCUT2D eigenvalue weighted by Crippen LogP contribution is -2.32. The molecule has 0 saturated carbocycles. The maximum absolute atomic E-state index is 15.0. The van der Waals surface area contributed by atoms with Crippen molar-refractivity contribution in [1.82, 2.24) is 10.0 Å². The minimum Gasteiger partial charge on any atom is -0.506 e. The molecule has 2 aliphatic rings. The number of benzene rings is 1. The lowest BCUT2D eigenvalue weighted by atomic mass is 9.83. The standard InChI is InChI=1S/C15H20FN3O5S/c16-14-11-5-9(7-17-3-4-20)1-2-10(11)6-12(21)15(14)19-8-13(22)18-25(19,23)24/h6,9,17,20-21H,1-5,7-8H2,(H,18,22). The number of aryl methyl sites for hydroxylation is 1. The van der Waals surface area contributed by atoms with Crippen molar-refractivity contribution in [3.8, 4) is 5.75 Å². The summed E-state index contributed by atoms with van der Waals surface area (Å²) in [5.74, 6) is -1.93. The fourth-order valence-electron chi connectivity index (χ4n) is 3.35. The summed E-state index contributed by atoms with van der Waals surface area (Å²) in [6, 6.07) is 1.38. The van der Waals surface area contributed by atoms with Crippen molar-refractivity contribution in [1.29, 1.82) is 0 Å². The number of carbonyl (C=O) groups is 1. The first-order valence-corrected chi connectivity index (χ1v) is 9.45. The number of carbonyl (C=O) groups excluding carboxylic acids is 1. The summed E-state index contributed by atoms with van der Waals surface area (Å²) in [5.41, 5.74) is 0.526. The lowest BCUT2D eigenvalue weighted by molar-refractivity contribution is -0.117. The Bertz CT molecular complexity index is 799. The van der Waals surface area contributed by atoms with Crippen LogP contribution in [-0.2, 0) is 27.8 Å². The number of nitrogens with one attached hydrogen (secondary N) is 2. The van der Waals surface area contributed by atoms with E-state index in [2.05, 4.69) is 5.32 Å². The second-order valence-corrected chi connectivity index (χ2v) is 7.86. The average molecular weight is 373 g/mol. The van der Waals surface area contributed by atoms with Gasteiger partial charge < -0.3 is 15.5 Å². The van der Waals surface area contributed by atoms with Crippen molar-refractivity contribution >= 4 is 21.8 Å². The Labute approximate surface area is 144 Å². The highest BCUT2D eigenvalue weighted by Gasteiger charge is 2.39. The average Bonchev–Trinajstić information content (AvgIpc) is 2.81. The number of hydrogen-bond acceptors (Lipinski definition) is 6. The Morgan fingerprint density at radius 3 is 2.84 bits per heavy atom. The van der Waals surface area contributed by atoms with E-state index in [-0.39, 0.29) is 12.5 Å². The number of hydrogen-bond donors (Lipinski definition) is 4. The number of rotatable bonds is 5. The van der Waals surface area contributed by atoms with Gasteiger partial charge in [-0.25, -0.2) is 13.4 Å². The van der Waals surface area contributed by atoms with Crippen LogP contribution in [0.2, 0.25) is 0 Å². The quantitative estimate of drug-likeness (QED) is 0.512. The van der Waals surface area contributed by atoms with E-state index in [9.17, 15) is 18.3 Å². The summed E-state index contributed by atoms with van der Waals surface area (Å²) in [6.45, 7) is 0.515. The smallest absolute Gasteiger partial charge is 0.326 e. The number of fused-ring (bicyclic) bond motifs is 1. The van der Waals surface area contributed by atoms with Gasteiger partial charge in [0.15, 0.2) is 5.82 Å². The highest BCUT2D eigenvalue weighted by molar-refractivity contribution is 7.92. The second-order valence-electron chi connectivity index (χ2n) is 6.27. The largest absolute Gasteiger partial charge is 0.506 e.